The Morgan fingerprint density at radius 1 is 1.17 bits per heavy atom. The highest BCUT2D eigenvalue weighted by Gasteiger charge is 2.30. The SMILES string of the molecule is COc1ccc(NC(C)=O)cc1-c1nn(C(C)c2ccc(C(F)(F)F)cc2)c(=O)c2c(C)noc12. The average molecular weight is 486 g/mol. The zero-order chi connectivity index (χ0) is 25.5. The molecular weight excluding hydrogens is 465 g/mol. The number of hydrogen-bond donors (Lipinski definition) is 1. The van der Waals surface area contributed by atoms with E-state index in [4.69, 9.17) is 9.26 Å². The molecule has 0 aliphatic rings. The Morgan fingerprint density at radius 2 is 1.86 bits per heavy atom. The molecule has 35 heavy (non-hydrogen) atoms. The molecule has 0 aliphatic heterocycles. The van der Waals surface area contributed by atoms with E-state index < -0.39 is 23.3 Å². The minimum Gasteiger partial charge on any atom is -0.496 e. The fourth-order valence-electron chi connectivity index (χ4n) is 3.80. The molecule has 1 amide bonds. The highest BCUT2D eigenvalue weighted by Crippen LogP contribution is 2.36. The first-order chi connectivity index (χ1) is 16.5. The topological polar surface area (TPSA) is 99.2 Å². The molecule has 1 atom stereocenters. The number of alkyl halides is 3. The number of amides is 1. The second-order valence-electron chi connectivity index (χ2n) is 7.96. The molecule has 2 heterocycles. The number of anilines is 1. The highest BCUT2D eigenvalue weighted by atomic mass is 19.4. The molecule has 1 unspecified atom stereocenters. The zero-order valence-corrected chi connectivity index (χ0v) is 19.2. The van der Waals surface area contributed by atoms with Crippen molar-refractivity contribution < 1.29 is 27.2 Å². The third-order valence-corrected chi connectivity index (χ3v) is 5.57. The number of carbonyl (C=O) groups is 1. The van der Waals surface area contributed by atoms with Crippen molar-refractivity contribution >= 4 is 22.6 Å². The molecule has 182 valence electrons. The molecule has 0 radical (unpaired) electrons. The van der Waals surface area contributed by atoms with Crippen LogP contribution in [-0.2, 0) is 11.0 Å². The van der Waals surface area contributed by atoms with Crippen molar-refractivity contribution in [2.45, 2.75) is 33.0 Å². The lowest BCUT2D eigenvalue weighted by molar-refractivity contribution is -0.137. The molecule has 4 aromatic rings. The van der Waals surface area contributed by atoms with E-state index in [1.807, 2.05) is 0 Å². The van der Waals surface area contributed by atoms with Crippen LogP contribution in [0.4, 0.5) is 18.9 Å². The number of nitrogens with one attached hydrogen (secondary N) is 1. The number of hydrogen-bond acceptors (Lipinski definition) is 6. The maximum Gasteiger partial charge on any atom is 0.416 e. The number of aromatic nitrogens is 3. The first-order valence-electron chi connectivity index (χ1n) is 10.5. The number of nitrogens with zero attached hydrogens (tertiary/aromatic N) is 3. The van der Waals surface area contributed by atoms with Gasteiger partial charge in [0.15, 0.2) is 0 Å². The van der Waals surface area contributed by atoms with E-state index in [9.17, 15) is 22.8 Å². The maximum atomic E-state index is 13.3. The zero-order valence-electron chi connectivity index (χ0n) is 19.2. The Morgan fingerprint density at radius 3 is 2.46 bits per heavy atom. The smallest absolute Gasteiger partial charge is 0.416 e. The summed E-state index contributed by atoms with van der Waals surface area (Å²) in [6.07, 6.45) is -4.47. The second kappa shape index (κ2) is 8.90. The van der Waals surface area contributed by atoms with Crippen LogP contribution in [0.1, 0.15) is 36.7 Å². The molecule has 0 bridgehead atoms. The normalized spacial score (nSPS) is 12.5. The van der Waals surface area contributed by atoms with Gasteiger partial charge in [-0.3, -0.25) is 9.59 Å². The summed E-state index contributed by atoms with van der Waals surface area (Å²) >= 11 is 0. The van der Waals surface area contributed by atoms with Gasteiger partial charge in [0.25, 0.3) is 5.56 Å². The number of rotatable bonds is 5. The van der Waals surface area contributed by atoms with Gasteiger partial charge < -0.3 is 14.6 Å². The van der Waals surface area contributed by atoms with Crippen molar-refractivity contribution in [2.24, 2.45) is 0 Å². The number of fused-ring (bicyclic) bond motifs is 1. The van der Waals surface area contributed by atoms with Gasteiger partial charge in [-0.2, -0.15) is 18.3 Å². The minimum atomic E-state index is -4.47. The number of carbonyl (C=O) groups excluding carboxylic acids is 1. The van der Waals surface area contributed by atoms with Gasteiger partial charge in [-0.15, -0.1) is 0 Å². The Hall–Kier alpha value is -4.15. The van der Waals surface area contributed by atoms with Crippen molar-refractivity contribution in [3.63, 3.8) is 0 Å². The van der Waals surface area contributed by atoms with Gasteiger partial charge in [0.2, 0.25) is 11.5 Å². The lowest BCUT2D eigenvalue weighted by atomic mass is 10.0. The van der Waals surface area contributed by atoms with E-state index in [1.54, 1.807) is 32.0 Å². The van der Waals surface area contributed by atoms with Crippen LogP contribution in [0.5, 0.6) is 5.75 Å². The molecule has 0 saturated carbocycles. The molecular formula is C24H21F3N4O4. The van der Waals surface area contributed by atoms with E-state index in [0.717, 1.165) is 12.1 Å². The molecule has 2 aromatic carbocycles. The third kappa shape index (κ3) is 4.48. The summed E-state index contributed by atoms with van der Waals surface area (Å²) in [5.74, 6) is 0.116. The summed E-state index contributed by atoms with van der Waals surface area (Å²) in [5.41, 5.74) is 0.724. The molecule has 0 spiro atoms. The summed E-state index contributed by atoms with van der Waals surface area (Å²) in [6, 6.07) is 8.72. The minimum absolute atomic E-state index is 0.127. The van der Waals surface area contributed by atoms with Crippen LogP contribution in [0.25, 0.3) is 22.2 Å². The number of methoxy groups -OCH3 is 1. The quantitative estimate of drug-likeness (QED) is 0.428. The summed E-state index contributed by atoms with van der Waals surface area (Å²) in [6.45, 7) is 4.63. The standard InChI is InChI=1S/C24H21F3N4O4/c1-12-20-22(35-30-12)21(18-11-17(28-14(3)32)9-10-19(18)34-4)29-31(23(20)33)13(2)15-5-7-16(8-6-15)24(25,26)27/h5-11,13H,1-4H3,(H,28,32). The molecule has 0 saturated heterocycles. The van der Waals surface area contributed by atoms with Crippen LogP contribution in [-0.4, -0.2) is 28.0 Å². The van der Waals surface area contributed by atoms with Crippen LogP contribution in [0, 0.1) is 6.92 Å². The van der Waals surface area contributed by atoms with Gasteiger partial charge in [0.1, 0.15) is 16.8 Å². The summed E-state index contributed by atoms with van der Waals surface area (Å²) in [7, 11) is 1.46. The van der Waals surface area contributed by atoms with Crippen molar-refractivity contribution in [2.75, 3.05) is 12.4 Å². The van der Waals surface area contributed by atoms with Gasteiger partial charge in [-0.25, -0.2) is 4.68 Å². The number of aryl methyl sites for hydroxylation is 1. The monoisotopic (exact) mass is 486 g/mol. The van der Waals surface area contributed by atoms with Crippen LogP contribution in [0.15, 0.2) is 51.8 Å². The molecule has 8 nitrogen and oxygen atoms in total. The largest absolute Gasteiger partial charge is 0.496 e. The van der Waals surface area contributed by atoms with Crippen molar-refractivity contribution in [1.82, 2.24) is 14.9 Å². The Bertz CT molecular complexity index is 1470. The number of halogens is 3. The van der Waals surface area contributed by atoms with Gasteiger partial charge >= 0.3 is 6.18 Å². The van der Waals surface area contributed by atoms with Crippen molar-refractivity contribution in [3.05, 3.63) is 69.6 Å². The molecule has 2 aromatic heterocycles. The van der Waals surface area contributed by atoms with Gasteiger partial charge in [0.05, 0.1) is 30.0 Å². The lowest BCUT2D eigenvalue weighted by Crippen LogP contribution is -2.27. The third-order valence-electron chi connectivity index (χ3n) is 5.57. The van der Waals surface area contributed by atoms with Crippen molar-refractivity contribution in [1.29, 1.82) is 0 Å². The summed E-state index contributed by atoms with van der Waals surface area (Å²) in [4.78, 5) is 24.9. The molecule has 11 heteroatoms. The number of benzene rings is 2. The van der Waals surface area contributed by atoms with Crippen LogP contribution in [0.2, 0.25) is 0 Å². The number of ether oxygens (including phenoxy) is 1. The maximum absolute atomic E-state index is 13.3. The van der Waals surface area contributed by atoms with Gasteiger partial charge in [-0.1, -0.05) is 17.3 Å². The summed E-state index contributed by atoms with van der Waals surface area (Å²) in [5, 5.41) is 11.3. The Kier molecular flexibility index (Phi) is 6.10. The van der Waals surface area contributed by atoms with Gasteiger partial charge in [-0.05, 0) is 49.7 Å². The van der Waals surface area contributed by atoms with Crippen LogP contribution in [0.3, 0.4) is 0 Å². The van der Waals surface area contributed by atoms with Crippen molar-refractivity contribution in [3.8, 4) is 17.0 Å². The van der Waals surface area contributed by atoms with Crippen LogP contribution < -0.4 is 15.6 Å². The highest BCUT2D eigenvalue weighted by molar-refractivity contribution is 5.94. The Labute approximate surface area is 197 Å². The lowest BCUT2D eigenvalue weighted by Gasteiger charge is -2.18. The van der Waals surface area contributed by atoms with E-state index >= 15 is 0 Å². The van der Waals surface area contributed by atoms with Crippen LogP contribution >= 0.6 is 0 Å². The van der Waals surface area contributed by atoms with Gasteiger partial charge in [0, 0.05) is 12.6 Å². The van der Waals surface area contributed by atoms with E-state index in [1.165, 1.54) is 30.8 Å². The molecule has 1 N–H and O–H groups in total. The Balaban J connectivity index is 1.93. The predicted octanol–water partition coefficient (Wildman–Crippen LogP) is 4.96. The fraction of sp³-hybridized carbons (Fsp3) is 0.250. The van der Waals surface area contributed by atoms with E-state index in [0.29, 0.717) is 28.3 Å². The first-order valence-corrected chi connectivity index (χ1v) is 10.5. The average Bonchev–Trinajstić information content (AvgIpc) is 3.20. The second-order valence-corrected chi connectivity index (χ2v) is 7.96. The first kappa shape index (κ1) is 24.0. The molecule has 4 rings (SSSR count). The van der Waals surface area contributed by atoms with E-state index in [-0.39, 0.29) is 22.6 Å². The van der Waals surface area contributed by atoms with E-state index in [2.05, 4.69) is 15.6 Å². The molecule has 0 fully saturated rings. The fourth-order valence-corrected chi connectivity index (χ4v) is 3.80. The molecule has 0 aliphatic carbocycles. The predicted molar refractivity (Wildman–Crippen MR) is 122 cm³/mol. The summed E-state index contributed by atoms with van der Waals surface area (Å²) < 4.78 is 51.1.